The lowest BCUT2D eigenvalue weighted by atomic mass is 9.41. The van der Waals surface area contributed by atoms with E-state index in [1.807, 2.05) is 0 Å². The van der Waals surface area contributed by atoms with Crippen LogP contribution in [0.2, 0.25) is 0 Å². The van der Waals surface area contributed by atoms with Crippen LogP contribution < -0.4 is 5.32 Å². The minimum atomic E-state index is -2.24. The number of fused-ring (bicyclic) bond motifs is 5. The van der Waals surface area contributed by atoms with Gasteiger partial charge in [-0.25, -0.2) is 9.59 Å². The Balaban J connectivity index is 1.51. The second-order valence-corrected chi connectivity index (χ2v) is 21.2. The van der Waals surface area contributed by atoms with Gasteiger partial charge < -0.3 is 44.3 Å². The van der Waals surface area contributed by atoms with Crippen LogP contribution >= 0.6 is 0 Å². The standard InChI is InChI=1S/C52H68N2O15/c1-28(2)35(57)25-54(11)26-39(58)67-37-23-38-51(27-65-38,68-30(4)55)44-33(22-34(56)31-18-14-12-15-19-31)52(64)24-36(29(3)40(49(52,8)9)42(59)45(61)50(37,44)10)66-46(62)43(60)41(32-20-16-13-17-21-32)53-47(63)69-48(5,6)7/h12-21,28,33,36-38,41-44,59-60,64H,22-27H2,1-11H3,(H,53,63)/t33-,36-,37-,38+,41-,42+,43+,44-,50+,51-,52+/m0/s1. The fourth-order valence-electron chi connectivity index (χ4n) is 11.3. The predicted octanol–water partition coefficient (Wildman–Crippen LogP) is 4.63. The molecule has 2 aromatic rings. The third-order valence-corrected chi connectivity index (χ3v) is 14.8. The summed E-state index contributed by atoms with van der Waals surface area (Å²) in [5.41, 5.74) is -7.80. The topological polar surface area (TPSA) is 242 Å². The molecule has 0 unspecified atom stereocenters. The Morgan fingerprint density at radius 2 is 1.55 bits per heavy atom. The Labute approximate surface area is 403 Å². The maximum absolute atomic E-state index is 15.7. The van der Waals surface area contributed by atoms with Crippen molar-refractivity contribution >= 4 is 41.4 Å². The van der Waals surface area contributed by atoms with Crippen molar-refractivity contribution in [2.24, 2.45) is 28.6 Å². The van der Waals surface area contributed by atoms with Crippen molar-refractivity contribution < 1.29 is 72.6 Å². The highest BCUT2D eigenvalue weighted by Gasteiger charge is 2.77. The largest absolute Gasteiger partial charge is 0.460 e. The maximum atomic E-state index is 15.7. The van der Waals surface area contributed by atoms with Gasteiger partial charge in [-0.3, -0.25) is 28.9 Å². The van der Waals surface area contributed by atoms with Gasteiger partial charge in [0.25, 0.3) is 0 Å². The zero-order valence-electron chi connectivity index (χ0n) is 41.4. The lowest BCUT2D eigenvalue weighted by Crippen LogP contribution is -2.80. The Morgan fingerprint density at radius 1 is 0.942 bits per heavy atom. The highest BCUT2D eigenvalue weighted by Crippen LogP contribution is 2.66. The summed E-state index contributed by atoms with van der Waals surface area (Å²) in [5, 5.41) is 40.9. The lowest BCUT2D eigenvalue weighted by molar-refractivity contribution is -0.340. The summed E-state index contributed by atoms with van der Waals surface area (Å²) < 4.78 is 30.1. The molecule has 376 valence electrons. The van der Waals surface area contributed by atoms with Gasteiger partial charge in [0.05, 0.1) is 36.8 Å². The summed E-state index contributed by atoms with van der Waals surface area (Å²) in [6.07, 6.45) is -10.1. The Morgan fingerprint density at radius 3 is 2.10 bits per heavy atom. The normalized spacial score (nSPS) is 30.3. The monoisotopic (exact) mass is 960 g/mol. The molecule has 3 aliphatic carbocycles. The molecule has 6 rings (SSSR count). The van der Waals surface area contributed by atoms with E-state index in [9.17, 15) is 44.1 Å². The van der Waals surface area contributed by atoms with E-state index in [2.05, 4.69) is 5.32 Å². The highest BCUT2D eigenvalue weighted by atomic mass is 16.6. The molecule has 11 atom stereocenters. The van der Waals surface area contributed by atoms with Crippen LogP contribution in [0, 0.1) is 28.6 Å². The van der Waals surface area contributed by atoms with Gasteiger partial charge in [-0.05, 0) is 58.4 Å². The predicted molar refractivity (Wildman–Crippen MR) is 248 cm³/mol. The second kappa shape index (κ2) is 19.8. The summed E-state index contributed by atoms with van der Waals surface area (Å²) in [7, 11) is 1.57. The quantitative estimate of drug-likeness (QED) is 0.0823. The minimum absolute atomic E-state index is 0.0395. The first-order chi connectivity index (χ1) is 32.1. The molecule has 0 spiro atoms. The third-order valence-electron chi connectivity index (χ3n) is 14.8. The van der Waals surface area contributed by atoms with Gasteiger partial charge in [0.15, 0.2) is 23.3 Å². The van der Waals surface area contributed by atoms with E-state index >= 15 is 4.79 Å². The molecule has 17 heteroatoms. The summed E-state index contributed by atoms with van der Waals surface area (Å²) in [6, 6.07) is 15.0. The van der Waals surface area contributed by atoms with E-state index in [0.29, 0.717) is 5.56 Å². The number of amides is 1. The van der Waals surface area contributed by atoms with Crippen LogP contribution in [0.5, 0.6) is 0 Å². The van der Waals surface area contributed by atoms with Crippen LogP contribution in [-0.4, -0.2) is 136 Å². The number of Topliss-reactive ketones (excluding diaryl/α,β-unsaturated/α-hetero) is 3. The van der Waals surface area contributed by atoms with Crippen molar-refractivity contribution in [1.82, 2.24) is 10.2 Å². The molecule has 0 radical (unpaired) electrons. The zero-order valence-corrected chi connectivity index (χ0v) is 41.4. The average molecular weight is 961 g/mol. The van der Waals surface area contributed by atoms with Crippen molar-refractivity contribution in [3.63, 3.8) is 0 Å². The number of carbonyl (C=O) groups is 7. The van der Waals surface area contributed by atoms with Crippen LogP contribution in [-0.2, 0) is 47.7 Å². The molecular formula is C52H68N2O15. The highest BCUT2D eigenvalue weighted by molar-refractivity contribution is 5.97. The van der Waals surface area contributed by atoms with Gasteiger partial charge in [-0.15, -0.1) is 0 Å². The molecule has 1 heterocycles. The van der Waals surface area contributed by atoms with Crippen molar-refractivity contribution in [3.8, 4) is 0 Å². The number of aliphatic hydroxyl groups excluding tert-OH is 2. The fraction of sp³-hybridized carbons (Fsp3) is 0.596. The number of hydrogen-bond donors (Lipinski definition) is 4. The van der Waals surface area contributed by atoms with E-state index in [1.165, 1.54) is 25.7 Å². The number of aliphatic hydroxyl groups is 3. The van der Waals surface area contributed by atoms with Crippen molar-refractivity contribution in [3.05, 3.63) is 82.9 Å². The van der Waals surface area contributed by atoms with Gasteiger partial charge in [-0.2, -0.15) is 0 Å². The first-order valence-electron chi connectivity index (χ1n) is 23.5. The van der Waals surface area contributed by atoms with E-state index in [1.54, 1.807) is 116 Å². The van der Waals surface area contributed by atoms with Crippen molar-refractivity contribution in [2.75, 3.05) is 26.7 Å². The SMILES string of the molecule is CC(=O)O[C@@]12CO[C@@H]1C[C@H](OC(=O)CN(C)CC(=O)C(C)C)[C@@]1(C)C(=O)[C@H](O)C3=C(C)[C@@H](OC(=O)[C@H](O)[C@@H](NC(=O)OC(C)(C)C)c4ccccc4)C[C@@](O)([C@@H](CC(=O)c4ccccc4)[C@H]21)C3(C)C. The summed E-state index contributed by atoms with van der Waals surface area (Å²) >= 11 is 0. The van der Waals surface area contributed by atoms with Crippen molar-refractivity contribution in [1.29, 1.82) is 0 Å². The van der Waals surface area contributed by atoms with E-state index in [0.717, 1.165) is 0 Å². The Hall–Kier alpha value is -5.33. The molecule has 69 heavy (non-hydrogen) atoms. The van der Waals surface area contributed by atoms with E-state index < -0.39 is 124 Å². The lowest BCUT2D eigenvalue weighted by Gasteiger charge is -2.68. The number of ketones is 3. The number of likely N-dealkylation sites (N-methyl/N-ethyl adjacent to an activating group) is 1. The van der Waals surface area contributed by atoms with Crippen molar-refractivity contribution in [2.45, 2.75) is 142 Å². The summed E-state index contributed by atoms with van der Waals surface area (Å²) in [4.78, 5) is 99.1. The first-order valence-corrected chi connectivity index (χ1v) is 23.5. The maximum Gasteiger partial charge on any atom is 0.408 e. The molecule has 0 aromatic heterocycles. The fourth-order valence-corrected chi connectivity index (χ4v) is 11.3. The molecule has 4 aliphatic rings. The smallest absolute Gasteiger partial charge is 0.408 e. The molecule has 1 amide bonds. The molecule has 17 nitrogen and oxygen atoms in total. The number of nitrogens with zero attached hydrogens (tertiary/aromatic N) is 1. The number of esters is 3. The average Bonchev–Trinajstić information content (AvgIpc) is 3.25. The Kier molecular flexibility index (Phi) is 15.2. The minimum Gasteiger partial charge on any atom is -0.460 e. The van der Waals surface area contributed by atoms with E-state index in [-0.39, 0.29) is 54.5 Å². The Bertz CT molecular complexity index is 2340. The number of ether oxygens (including phenoxy) is 5. The first kappa shape index (κ1) is 53.0. The van der Waals surface area contributed by atoms with Gasteiger partial charge in [0.1, 0.15) is 35.8 Å². The van der Waals surface area contributed by atoms with Gasteiger partial charge in [-0.1, -0.05) is 88.4 Å². The zero-order chi connectivity index (χ0) is 51.2. The summed E-state index contributed by atoms with van der Waals surface area (Å²) in [6.45, 7) is 15.1. The molecule has 2 saturated carbocycles. The van der Waals surface area contributed by atoms with Gasteiger partial charge in [0, 0.05) is 54.9 Å². The number of hydrogen-bond acceptors (Lipinski definition) is 16. The molecule has 1 saturated heterocycles. The molecule has 4 N–H and O–H groups in total. The number of carbonyl (C=O) groups excluding carboxylic acids is 7. The van der Waals surface area contributed by atoms with Crippen LogP contribution in [0.25, 0.3) is 0 Å². The second-order valence-electron chi connectivity index (χ2n) is 21.2. The molecule has 2 bridgehead atoms. The number of alkyl carbamates (subject to hydrolysis) is 1. The number of nitrogens with one attached hydrogen (secondary N) is 1. The van der Waals surface area contributed by atoms with Crippen LogP contribution in [0.4, 0.5) is 4.79 Å². The third kappa shape index (κ3) is 10.2. The molecule has 3 fully saturated rings. The van der Waals surface area contributed by atoms with Gasteiger partial charge >= 0.3 is 24.0 Å². The molecular weight excluding hydrogens is 893 g/mol. The van der Waals surface area contributed by atoms with Crippen LogP contribution in [0.3, 0.4) is 0 Å². The molecule has 2 aromatic carbocycles. The summed E-state index contributed by atoms with van der Waals surface area (Å²) in [5.74, 6) is -7.40. The van der Waals surface area contributed by atoms with E-state index in [4.69, 9.17) is 23.7 Å². The van der Waals surface area contributed by atoms with Crippen LogP contribution in [0.15, 0.2) is 71.8 Å². The van der Waals surface area contributed by atoms with Crippen LogP contribution in [0.1, 0.15) is 110 Å². The number of benzene rings is 2. The molecule has 1 aliphatic heterocycles. The van der Waals surface area contributed by atoms with Gasteiger partial charge in [0.2, 0.25) is 0 Å². The number of rotatable bonds is 15.